The third kappa shape index (κ3) is 1.80. The first kappa shape index (κ1) is 12.4. The second kappa shape index (κ2) is 5.05. The van der Waals surface area contributed by atoms with Gasteiger partial charge in [-0.25, -0.2) is 0 Å². The second-order valence-electron chi connectivity index (χ2n) is 4.22. The monoisotopic (exact) mass is 234 g/mol. The molecule has 0 unspecified atom stereocenters. The van der Waals surface area contributed by atoms with E-state index in [0.717, 1.165) is 0 Å². The van der Waals surface area contributed by atoms with Gasteiger partial charge in [0.2, 0.25) is 0 Å². The molecule has 0 radical (unpaired) electrons. The van der Waals surface area contributed by atoms with E-state index in [1.807, 2.05) is 12.2 Å². The molecule has 0 saturated carbocycles. The molecular formula is C18H18. The van der Waals surface area contributed by atoms with Gasteiger partial charge >= 0.3 is 0 Å². The average molecular weight is 234 g/mol. The van der Waals surface area contributed by atoms with Crippen molar-refractivity contribution in [3.63, 3.8) is 0 Å². The Morgan fingerprint density at radius 1 is 0.722 bits per heavy atom. The van der Waals surface area contributed by atoms with Crippen molar-refractivity contribution in [2.75, 3.05) is 0 Å². The zero-order chi connectivity index (χ0) is 13.1. The van der Waals surface area contributed by atoms with Crippen LogP contribution in [0, 0.1) is 0 Å². The third-order valence-corrected chi connectivity index (χ3v) is 3.35. The van der Waals surface area contributed by atoms with Crippen molar-refractivity contribution < 1.29 is 0 Å². The molecule has 2 aromatic rings. The molecule has 0 aliphatic heterocycles. The minimum atomic E-state index is 1.17. The van der Waals surface area contributed by atoms with Gasteiger partial charge in [0.25, 0.3) is 0 Å². The van der Waals surface area contributed by atoms with Crippen LogP contribution in [0.15, 0.2) is 37.4 Å². The number of fused-ring (bicyclic) bond motifs is 1. The Hall–Kier alpha value is -2.08. The lowest BCUT2D eigenvalue weighted by Gasteiger charge is -2.08. The third-order valence-electron chi connectivity index (χ3n) is 3.35. The van der Waals surface area contributed by atoms with Gasteiger partial charge < -0.3 is 0 Å². The van der Waals surface area contributed by atoms with Crippen LogP contribution >= 0.6 is 0 Å². The molecule has 0 N–H and O–H groups in total. The van der Waals surface area contributed by atoms with Crippen molar-refractivity contribution in [2.45, 2.75) is 13.8 Å². The van der Waals surface area contributed by atoms with Gasteiger partial charge in [0.1, 0.15) is 0 Å². The van der Waals surface area contributed by atoms with Crippen LogP contribution in [-0.4, -0.2) is 0 Å². The van der Waals surface area contributed by atoms with Gasteiger partial charge in [-0.15, -0.1) is 0 Å². The first-order valence-corrected chi connectivity index (χ1v) is 6.20. The van der Waals surface area contributed by atoms with Crippen LogP contribution in [0.1, 0.15) is 25.0 Å². The molecule has 0 bridgehead atoms. The summed E-state index contributed by atoms with van der Waals surface area (Å²) >= 11 is 0. The number of hydrogen-bond donors (Lipinski definition) is 0. The smallest absolute Gasteiger partial charge is 0.00304 e. The first-order chi connectivity index (χ1) is 8.76. The number of rotatable bonds is 2. The van der Waals surface area contributed by atoms with Crippen molar-refractivity contribution in [2.24, 2.45) is 0 Å². The van der Waals surface area contributed by atoms with Crippen molar-refractivity contribution in [1.29, 1.82) is 0 Å². The van der Waals surface area contributed by atoms with E-state index in [0.29, 0.717) is 0 Å². The van der Waals surface area contributed by atoms with Gasteiger partial charge in [0.05, 0.1) is 0 Å². The van der Waals surface area contributed by atoms with E-state index < -0.39 is 0 Å². The Morgan fingerprint density at radius 3 is 1.39 bits per heavy atom. The maximum absolute atomic E-state index is 3.92. The largest absolute Gasteiger partial charge is 0.0984 e. The predicted octanol–water partition coefficient (Wildman–Crippen LogP) is 3.73. The molecule has 90 valence electrons. The van der Waals surface area contributed by atoms with Crippen LogP contribution in [0.4, 0.5) is 0 Å². The minimum absolute atomic E-state index is 1.17. The van der Waals surface area contributed by atoms with Gasteiger partial charge in [0, 0.05) is 0 Å². The van der Waals surface area contributed by atoms with E-state index in [1.165, 1.54) is 32.3 Å². The van der Waals surface area contributed by atoms with Crippen molar-refractivity contribution >= 4 is 35.1 Å². The Kier molecular flexibility index (Phi) is 3.47. The van der Waals surface area contributed by atoms with Gasteiger partial charge in [-0.2, -0.15) is 0 Å². The fourth-order valence-corrected chi connectivity index (χ4v) is 2.42. The number of hydrogen-bond acceptors (Lipinski definition) is 0. The highest BCUT2D eigenvalue weighted by Gasteiger charge is 2.04. The van der Waals surface area contributed by atoms with Crippen molar-refractivity contribution in [1.82, 2.24) is 0 Å². The molecule has 0 fully saturated rings. The maximum atomic E-state index is 3.92. The molecular weight excluding hydrogens is 216 g/mol. The fraction of sp³-hybridized carbons (Fsp3) is 0.111. The molecule has 0 atom stereocenters. The average Bonchev–Trinajstić information content (AvgIpc) is 2.44. The van der Waals surface area contributed by atoms with Crippen LogP contribution in [0.5, 0.6) is 0 Å². The van der Waals surface area contributed by atoms with E-state index in [4.69, 9.17) is 0 Å². The molecule has 0 aliphatic carbocycles. The standard InChI is InChI=1S/C18H18/c1-5-13-9-10-15(7-3)18-16(8-4)12-11-14(6-2)17(13)18/h5-12H,1,3H2,2,4H3/b14-6-,16-8-. The SMILES string of the molecule is C=Cc1ccc(C=C)c2/c(=C\C)cc/c(=C/C)c12. The Bertz CT molecular complexity index is 666. The quantitative estimate of drug-likeness (QED) is 0.743. The summed E-state index contributed by atoms with van der Waals surface area (Å²) in [5, 5.41) is 5.02. The van der Waals surface area contributed by atoms with Crippen LogP contribution < -0.4 is 10.4 Å². The lowest BCUT2D eigenvalue weighted by Crippen LogP contribution is -2.13. The lowest BCUT2D eigenvalue weighted by atomic mass is 9.95. The molecule has 18 heavy (non-hydrogen) atoms. The zero-order valence-electron chi connectivity index (χ0n) is 11.0. The predicted molar refractivity (Wildman–Crippen MR) is 83.7 cm³/mol. The van der Waals surface area contributed by atoms with Gasteiger partial charge in [-0.3, -0.25) is 0 Å². The summed E-state index contributed by atoms with van der Waals surface area (Å²) in [7, 11) is 0. The summed E-state index contributed by atoms with van der Waals surface area (Å²) in [6.45, 7) is 12.0. The summed E-state index contributed by atoms with van der Waals surface area (Å²) in [5.41, 5.74) is 2.35. The van der Waals surface area contributed by atoms with E-state index in [-0.39, 0.29) is 0 Å². The Morgan fingerprint density at radius 2 is 1.11 bits per heavy atom. The van der Waals surface area contributed by atoms with Crippen molar-refractivity contribution in [3.05, 3.63) is 59.0 Å². The fourth-order valence-electron chi connectivity index (χ4n) is 2.42. The highest BCUT2D eigenvalue weighted by Crippen LogP contribution is 2.19. The summed E-state index contributed by atoms with van der Waals surface area (Å²) in [5.74, 6) is 0. The molecule has 2 rings (SSSR count). The van der Waals surface area contributed by atoms with Gasteiger partial charge in [-0.1, -0.05) is 61.7 Å². The van der Waals surface area contributed by atoms with E-state index in [9.17, 15) is 0 Å². The molecule has 0 nitrogen and oxygen atoms in total. The van der Waals surface area contributed by atoms with Crippen molar-refractivity contribution in [3.8, 4) is 0 Å². The van der Waals surface area contributed by atoms with Gasteiger partial charge in [-0.05, 0) is 46.2 Å². The zero-order valence-corrected chi connectivity index (χ0v) is 11.0. The highest BCUT2D eigenvalue weighted by molar-refractivity contribution is 5.97. The summed E-state index contributed by atoms with van der Waals surface area (Å²) in [6, 6.07) is 8.55. The summed E-state index contributed by atoms with van der Waals surface area (Å²) < 4.78 is 0. The Balaban J connectivity index is 3.24. The van der Waals surface area contributed by atoms with Gasteiger partial charge in [0.15, 0.2) is 0 Å². The van der Waals surface area contributed by atoms with E-state index in [1.54, 1.807) is 0 Å². The first-order valence-electron chi connectivity index (χ1n) is 6.20. The summed E-state index contributed by atoms with van der Waals surface area (Å²) in [4.78, 5) is 0. The molecule has 0 spiro atoms. The molecule has 0 aromatic heterocycles. The molecule has 0 aliphatic rings. The van der Waals surface area contributed by atoms with Crippen LogP contribution in [0.25, 0.3) is 35.1 Å². The maximum Gasteiger partial charge on any atom is -0.00304 e. The lowest BCUT2D eigenvalue weighted by molar-refractivity contribution is 1.57. The Labute approximate surface area is 108 Å². The normalized spacial score (nSPS) is 13.0. The summed E-state index contributed by atoms with van der Waals surface area (Å²) in [6.07, 6.45) is 8.12. The van der Waals surface area contributed by atoms with Crippen LogP contribution in [0.2, 0.25) is 0 Å². The topological polar surface area (TPSA) is 0 Å². The number of benzene rings is 2. The van der Waals surface area contributed by atoms with E-state index >= 15 is 0 Å². The van der Waals surface area contributed by atoms with Crippen LogP contribution in [-0.2, 0) is 0 Å². The molecule has 0 heterocycles. The molecule has 0 heteroatoms. The molecule has 0 amide bonds. The molecule has 2 aromatic carbocycles. The van der Waals surface area contributed by atoms with Crippen LogP contribution in [0.3, 0.4) is 0 Å². The second-order valence-corrected chi connectivity index (χ2v) is 4.22. The van der Waals surface area contributed by atoms with E-state index in [2.05, 4.69) is 63.4 Å². The highest BCUT2D eigenvalue weighted by atomic mass is 14.1. The minimum Gasteiger partial charge on any atom is -0.0984 e. The molecule has 0 saturated heterocycles.